The lowest BCUT2D eigenvalue weighted by Crippen LogP contribution is -2.34. The number of rotatable bonds is 7. The first-order chi connectivity index (χ1) is 10.1. The maximum Gasteiger partial charge on any atom is 0.0897 e. The minimum absolute atomic E-state index is 0.322. The molecule has 0 fully saturated rings. The number of hydrogen-bond acceptors (Lipinski definition) is 3. The lowest BCUT2D eigenvalue weighted by atomic mass is 10.0. The van der Waals surface area contributed by atoms with E-state index in [1.165, 1.54) is 0 Å². The third-order valence-electron chi connectivity index (χ3n) is 3.30. The number of thiazole rings is 1. The Balaban J connectivity index is 2.10. The Morgan fingerprint density at radius 3 is 2.76 bits per heavy atom. The van der Waals surface area contributed by atoms with Gasteiger partial charge in [-0.3, -0.25) is 0 Å². The van der Waals surface area contributed by atoms with E-state index in [9.17, 15) is 0 Å². The van der Waals surface area contributed by atoms with Crippen molar-refractivity contribution in [2.75, 3.05) is 6.54 Å². The molecule has 1 aromatic carbocycles. The van der Waals surface area contributed by atoms with Crippen molar-refractivity contribution in [3.63, 3.8) is 0 Å². The summed E-state index contributed by atoms with van der Waals surface area (Å²) in [7, 11) is 0. The van der Waals surface area contributed by atoms with E-state index in [4.69, 9.17) is 23.2 Å². The van der Waals surface area contributed by atoms with Crippen LogP contribution in [0.1, 0.15) is 29.6 Å². The van der Waals surface area contributed by atoms with Crippen molar-refractivity contribution < 1.29 is 0 Å². The summed E-state index contributed by atoms with van der Waals surface area (Å²) in [6.07, 6.45) is 2.87. The second kappa shape index (κ2) is 8.14. The smallest absolute Gasteiger partial charge is 0.0897 e. The lowest BCUT2D eigenvalue weighted by molar-refractivity contribution is 0.501. The molecule has 1 N–H and O–H groups in total. The number of benzene rings is 1. The van der Waals surface area contributed by atoms with E-state index in [0.29, 0.717) is 16.1 Å². The summed E-state index contributed by atoms with van der Waals surface area (Å²) in [5, 5.41) is 8.11. The Hall–Kier alpha value is -0.610. The molecule has 0 bridgehead atoms. The van der Waals surface area contributed by atoms with E-state index in [1.54, 1.807) is 11.3 Å². The summed E-state index contributed by atoms with van der Waals surface area (Å²) in [4.78, 5) is 4.56. The molecule has 0 aliphatic heterocycles. The van der Waals surface area contributed by atoms with Gasteiger partial charge in [0.15, 0.2) is 0 Å². The predicted molar refractivity (Wildman–Crippen MR) is 92.8 cm³/mol. The van der Waals surface area contributed by atoms with Crippen LogP contribution in [0.25, 0.3) is 0 Å². The van der Waals surface area contributed by atoms with Gasteiger partial charge in [-0.05, 0) is 37.9 Å². The Bertz CT molecular complexity index is 583. The third-order valence-corrected chi connectivity index (χ3v) is 4.98. The Kier molecular flexibility index (Phi) is 6.49. The van der Waals surface area contributed by atoms with E-state index in [0.717, 1.165) is 42.1 Å². The van der Waals surface area contributed by atoms with Gasteiger partial charge in [0.05, 0.1) is 20.7 Å². The molecule has 2 rings (SSSR count). The molecule has 0 aliphatic carbocycles. The van der Waals surface area contributed by atoms with Crippen molar-refractivity contribution in [3.8, 4) is 0 Å². The largest absolute Gasteiger partial charge is 0.313 e. The number of nitrogens with zero attached hydrogens (tertiary/aromatic N) is 1. The van der Waals surface area contributed by atoms with Gasteiger partial charge in [-0.2, -0.15) is 0 Å². The first-order valence-electron chi connectivity index (χ1n) is 7.17. The topological polar surface area (TPSA) is 24.9 Å². The van der Waals surface area contributed by atoms with Gasteiger partial charge in [0, 0.05) is 17.8 Å². The van der Waals surface area contributed by atoms with Crippen molar-refractivity contribution in [2.45, 2.75) is 39.2 Å². The highest BCUT2D eigenvalue weighted by atomic mass is 35.5. The van der Waals surface area contributed by atoms with Crippen molar-refractivity contribution >= 4 is 34.5 Å². The average Bonchev–Trinajstić information content (AvgIpc) is 2.86. The van der Waals surface area contributed by atoms with Gasteiger partial charge in [0.25, 0.3) is 0 Å². The van der Waals surface area contributed by atoms with Crippen LogP contribution in [0.4, 0.5) is 0 Å². The minimum Gasteiger partial charge on any atom is -0.313 e. The van der Waals surface area contributed by atoms with Crippen LogP contribution in [-0.4, -0.2) is 17.6 Å². The fourth-order valence-electron chi connectivity index (χ4n) is 2.29. The van der Waals surface area contributed by atoms with Crippen molar-refractivity contribution in [1.29, 1.82) is 0 Å². The lowest BCUT2D eigenvalue weighted by Gasteiger charge is -2.18. The highest BCUT2D eigenvalue weighted by Crippen LogP contribution is 2.27. The molecule has 2 aromatic rings. The minimum atomic E-state index is 0.322. The SMILES string of the molecule is CCCNC(Cc1csc(C)n1)Cc1cccc(Cl)c1Cl. The fourth-order valence-corrected chi connectivity index (χ4v) is 3.31. The number of aromatic nitrogens is 1. The molecule has 114 valence electrons. The van der Waals surface area contributed by atoms with Crippen LogP contribution in [0.15, 0.2) is 23.6 Å². The van der Waals surface area contributed by atoms with E-state index in [2.05, 4.69) is 22.6 Å². The molecule has 1 unspecified atom stereocenters. The molecule has 0 amide bonds. The summed E-state index contributed by atoms with van der Waals surface area (Å²) in [6.45, 7) is 5.20. The summed E-state index contributed by atoms with van der Waals surface area (Å²) < 4.78 is 0. The van der Waals surface area contributed by atoms with E-state index in [-0.39, 0.29) is 0 Å². The van der Waals surface area contributed by atoms with Crippen LogP contribution < -0.4 is 5.32 Å². The van der Waals surface area contributed by atoms with Crippen LogP contribution in [-0.2, 0) is 12.8 Å². The van der Waals surface area contributed by atoms with Gasteiger partial charge in [-0.1, -0.05) is 42.3 Å². The molecule has 0 aliphatic rings. The van der Waals surface area contributed by atoms with E-state index >= 15 is 0 Å². The van der Waals surface area contributed by atoms with Crippen molar-refractivity contribution in [2.24, 2.45) is 0 Å². The second-order valence-corrected chi connectivity index (χ2v) is 6.98. The van der Waals surface area contributed by atoms with Gasteiger partial charge < -0.3 is 5.32 Å². The normalized spacial score (nSPS) is 12.6. The Labute approximate surface area is 140 Å². The highest BCUT2D eigenvalue weighted by molar-refractivity contribution is 7.09. The zero-order valence-electron chi connectivity index (χ0n) is 12.3. The Morgan fingerprint density at radius 1 is 1.29 bits per heavy atom. The molecule has 1 heterocycles. The standard InChI is InChI=1S/C16H20Cl2N2S/c1-3-7-19-13(9-14-10-21-11(2)20-14)8-12-5-4-6-15(17)16(12)18/h4-6,10,13,19H,3,7-9H2,1-2H3. The van der Waals surface area contributed by atoms with Crippen LogP contribution in [0.3, 0.4) is 0 Å². The van der Waals surface area contributed by atoms with Gasteiger partial charge in [-0.15, -0.1) is 11.3 Å². The monoisotopic (exact) mass is 342 g/mol. The van der Waals surface area contributed by atoms with Gasteiger partial charge in [0.1, 0.15) is 0 Å². The molecule has 1 atom stereocenters. The average molecular weight is 343 g/mol. The first-order valence-corrected chi connectivity index (χ1v) is 8.81. The molecular formula is C16H20Cl2N2S. The quantitative estimate of drug-likeness (QED) is 0.772. The summed E-state index contributed by atoms with van der Waals surface area (Å²) in [5.41, 5.74) is 2.23. The van der Waals surface area contributed by atoms with E-state index in [1.807, 2.05) is 25.1 Å². The van der Waals surface area contributed by atoms with Crippen LogP contribution >= 0.6 is 34.5 Å². The first kappa shape index (κ1) is 16.8. The number of nitrogens with one attached hydrogen (secondary N) is 1. The maximum atomic E-state index is 6.31. The van der Waals surface area contributed by atoms with Crippen LogP contribution in [0.5, 0.6) is 0 Å². The Morgan fingerprint density at radius 2 is 2.10 bits per heavy atom. The van der Waals surface area contributed by atoms with Gasteiger partial charge in [0.2, 0.25) is 0 Å². The molecule has 21 heavy (non-hydrogen) atoms. The molecular weight excluding hydrogens is 323 g/mol. The van der Waals surface area contributed by atoms with Crippen LogP contribution in [0, 0.1) is 6.92 Å². The summed E-state index contributed by atoms with van der Waals surface area (Å²) in [5.74, 6) is 0. The van der Waals surface area contributed by atoms with Crippen LogP contribution in [0.2, 0.25) is 10.0 Å². The second-order valence-electron chi connectivity index (χ2n) is 5.13. The zero-order valence-corrected chi connectivity index (χ0v) is 14.7. The summed E-state index contributed by atoms with van der Waals surface area (Å²) in [6, 6.07) is 6.14. The maximum absolute atomic E-state index is 6.31. The van der Waals surface area contributed by atoms with Gasteiger partial charge in [-0.25, -0.2) is 4.98 Å². The van der Waals surface area contributed by atoms with Crippen molar-refractivity contribution in [1.82, 2.24) is 10.3 Å². The third kappa shape index (κ3) is 4.96. The number of hydrogen-bond donors (Lipinski definition) is 1. The number of aryl methyl sites for hydroxylation is 1. The molecule has 1 aromatic heterocycles. The molecule has 2 nitrogen and oxygen atoms in total. The summed E-state index contributed by atoms with van der Waals surface area (Å²) >= 11 is 14.1. The molecule has 0 radical (unpaired) electrons. The molecule has 0 saturated carbocycles. The van der Waals surface area contributed by atoms with Crippen molar-refractivity contribution in [3.05, 3.63) is 49.9 Å². The molecule has 0 spiro atoms. The zero-order chi connectivity index (χ0) is 15.2. The molecule has 5 heteroatoms. The predicted octanol–water partition coefficient (Wildman–Crippen LogP) is 4.91. The van der Waals surface area contributed by atoms with Gasteiger partial charge >= 0.3 is 0 Å². The number of halogens is 2. The molecule has 0 saturated heterocycles. The van der Waals surface area contributed by atoms with E-state index < -0.39 is 0 Å². The fraction of sp³-hybridized carbons (Fsp3) is 0.438. The highest BCUT2D eigenvalue weighted by Gasteiger charge is 2.14.